The molecule has 3 heterocycles. The van der Waals surface area contributed by atoms with E-state index >= 15 is 0 Å². The second-order valence-electron chi connectivity index (χ2n) is 6.29. The molecule has 2 aromatic heterocycles. The summed E-state index contributed by atoms with van der Waals surface area (Å²) in [4.78, 5) is 1.15. The van der Waals surface area contributed by atoms with Crippen molar-refractivity contribution in [3.63, 3.8) is 0 Å². The summed E-state index contributed by atoms with van der Waals surface area (Å²) in [5.74, 6) is 1.08. The molecular weight excluding hydrogens is 345 g/mol. The number of halogens is 3. The van der Waals surface area contributed by atoms with Crippen LogP contribution in [0.5, 0.6) is 0 Å². The van der Waals surface area contributed by atoms with E-state index in [1.54, 1.807) is 17.4 Å². The van der Waals surface area contributed by atoms with Crippen molar-refractivity contribution in [2.45, 2.75) is 38.4 Å². The maximum absolute atomic E-state index is 13.1. The quantitative estimate of drug-likeness (QED) is 0.551. The number of alkyl halides is 3. The lowest BCUT2D eigenvalue weighted by Crippen LogP contribution is -2.38. The number of thiophene rings is 1. The molecule has 0 unspecified atom stereocenters. The monoisotopic (exact) mass is 363 g/mol. The Morgan fingerprint density at radius 2 is 1.92 bits per heavy atom. The highest BCUT2D eigenvalue weighted by Gasteiger charge is 2.32. The molecule has 1 aromatic carbocycles. The van der Waals surface area contributed by atoms with Crippen LogP contribution in [0.25, 0.3) is 16.3 Å². The lowest BCUT2D eigenvalue weighted by atomic mass is 10.2. The highest BCUT2D eigenvalue weighted by atomic mass is 32.1. The first-order valence-corrected chi connectivity index (χ1v) is 9.27. The predicted molar refractivity (Wildman–Crippen MR) is 91.8 cm³/mol. The van der Waals surface area contributed by atoms with Gasteiger partial charge >= 0.3 is 6.18 Å². The van der Waals surface area contributed by atoms with Gasteiger partial charge in [-0.1, -0.05) is 12.1 Å². The standard InChI is InChI=1S/C19H18F3N2S/c20-19(21,22)14-6-4-7-15(12-14)24-13-16(17-8-5-11-25-17)23-10-3-1-2-9-18(23)24/h4-8,11-13H,1-3,9-10H2/q+1. The van der Waals surface area contributed by atoms with Crippen molar-refractivity contribution in [3.8, 4) is 16.3 Å². The third-order valence-corrected chi connectivity index (χ3v) is 5.53. The fourth-order valence-electron chi connectivity index (χ4n) is 3.45. The fourth-order valence-corrected chi connectivity index (χ4v) is 4.19. The van der Waals surface area contributed by atoms with E-state index in [9.17, 15) is 13.2 Å². The third kappa shape index (κ3) is 3.11. The van der Waals surface area contributed by atoms with E-state index in [0.29, 0.717) is 5.69 Å². The number of imidazole rings is 1. The van der Waals surface area contributed by atoms with Gasteiger partial charge in [0.25, 0.3) is 5.82 Å². The molecule has 1 aliphatic rings. The van der Waals surface area contributed by atoms with E-state index in [-0.39, 0.29) is 0 Å². The maximum atomic E-state index is 13.1. The van der Waals surface area contributed by atoms with Gasteiger partial charge < -0.3 is 0 Å². The van der Waals surface area contributed by atoms with E-state index in [4.69, 9.17) is 0 Å². The van der Waals surface area contributed by atoms with Crippen LogP contribution < -0.4 is 4.57 Å². The molecule has 0 N–H and O–H groups in total. The number of hydrogen-bond acceptors (Lipinski definition) is 1. The Labute approximate surface area is 148 Å². The van der Waals surface area contributed by atoms with Crippen molar-refractivity contribution >= 4 is 11.3 Å². The van der Waals surface area contributed by atoms with Crippen molar-refractivity contribution in [1.29, 1.82) is 0 Å². The van der Waals surface area contributed by atoms with Crippen LogP contribution in [0.2, 0.25) is 0 Å². The lowest BCUT2D eigenvalue weighted by Gasteiger charge is -2.08. The molecule has 0 saturated heterocycles. The first-order chi connectivity index (χ1) is 12.0. The van der Waals surface area contributed by atoms with Crippen LogP contribution in [0.1, 0.15) is 30.7 Å². The topological polar surface area (TPSA) is 8.81 Å². The number of fused-ring (bicyclic) bond motifs is 1. The number of nitrogens with zero attached hydrogens (tertiary/aromatic N) is 2. The molecule has 0 spiro atoms. The van der Waals surface area contributed by atoms with Crippen LogP contribution in [-0.2, 0) is 19.1 Å². The molecule has 1 aliphatic heterocycles. The van der Waals surface area contributed by atoms with E-state index in [0.717, 1.165) is 54.7 Å². The van der Waals surface area contributed by atoms with E-state index < -0.39 is 11.7 Å². The van der Waals surface area contributed by atoms with Gasteiger partial charge in [0, 0.05) is 6.42 Å². The highest BCUT2D eigenvalue weighted by Crippen LogP contribution is 2.32. The van der Waals surface area contributed by atoms with Gasteiger partial charge in [-0.25, -0.2) is 4.57 Å². The number of benzene rings is 1. The maximum Gasteiger partial charge on any atom is 0.416 e. The molecule has 4 rings (SSSR count). The molecule has 25 heavy (non-hydrogen) atoms. The average Bonchev–Trinajstić information content (AvgIpc) is 3.16. The van der Waals surface area contributed by atoms with Gasteiger partial charge in [-0.2, -0.15) is 17.7 Å². The molecule has 0 fully saturated rings. The molecule has 3 aromatic rings. The Morgan fingerprint density at radius 1 is 1.04 bits per heavy atom. The molecular formula is C19H18F3N2S+. The van der Waals surface area contributed by atoms with Crippen LogP contribution in [-0.4, -0.2) is 4.57 Å². The molecule has 0 saturated carbocycles. The van der Waals surface area contributed by atoms with Crippen molar-refractivity contribution in [2.24, 2.45) is 0 Å². The summed E-state index contributed by atoms with van der Waals surface area (Å²) in [6.45, 7) is 0.911. The highest BCUT2D eigenvalue weighted by molar-refractivity contribution is 7.13. The van der Waals surface area contributed by atoms with E-state index in [1.807, 2.05) is 22.2 Å². The first kappa shape index (κ1) is 16.4. The van der Waals surface area contributed by atoms with Gasteiger partial charge in [0.1, 0.15) is 11.9 Å². The molecule has 0 radical (unpaired) electrons. The number of hydrogen-bond donors (Lipinski definition) is 0. The zero-order valence-corrected chi connectivity index (χ0v) is 14.4. The summed E-state index contributed by atoms with van der Waals surface area (Å²) in [5, 5.41) is 2.03. The van der Waals surface area contributed by atoms with E-state index in [1.165, 1.54) is 12.1 Å². The molecule has 6 heteroatoms. The summed E-state index contributed by atoms with van der Waals surface area (Å²) in [5.41, 5.74) is 1.05. The van der Waals surface area contributed by atoms with Crippen molar-refractivity contribution in [1.82, 2.24) is 4.57 Å². The van der Waals surface area contributed by atoms with Gasteiger partial charge in [-0.05, 0) is 48.9 Å². The molecule has 0 bridgehead atoms. The van der Waals surface area contributed by atoms with Crippen LogP contribution >= 0.6 is 11.3 Å². The van der Waals surface area contributed by atoms with Gasteiger partial charge in [-0.3, -0.25) is 0 Å². The normalized spacial score (nSPS) is 15.0. The molecule has 130 valence electrons. The first-order valence-electron chi connectivity index (χ1n) is 8.39. The second-order valence-corrected chi connectivity index (χ2v) is 7.24. The lowest BCUT2D eigenvalue weighted by molar-refractivity contribution is -0.691. The Morgan fingerprint density at radius 3 is 2.68 bits per heavy atom. The Hall–Kier alpha value is -2.08. The number of aromatic nitrogens is 2. The van der Waals surface area contributed by atoms with Gasteiger partial charge in [0.15, 0.2) is 5.69 Å². The zero-order chi connectivity index (χ0) is 17.4. The predicted octanol–water partition coefficient (Wildman–Crippen LogP) is 5.24. The molecule has 0 amide bonds. The largest absolute Gasteiger partial charge is 0.416 e. The Balaban J connectivity index is 1.88. The summed E-state index contributed by atoms with van der Waals surface area (Å²) in [6.07, 6.45) is 1.84. The number of rotatable bonds is 2. The minimum Gasteiger partial charge on any atom is -0.226 e. The van der Waals surface area contributed by atoms with Crippen LogP contribution in [0, 0.1) is 0 Å². The molecule has 0 aliphatic carbocycles. The van der Waals surface area contributed by atoms with Crippen molar-refractivity contribution in [2.75, 3.05) is 0 Å². The average molecular weight is 363 g/mol. The Bertz CT molecular complexity index is 879. The van der Waals surface area contributed by atoms with Crippen molar-refractivity contribution in [3.05, 3.63) is 59.4 Å². The van der Waals surface area contributed by atoms with Crippen LogP contribution in [0.3, 0.4) is 0 Å². The Kier molecular flexibility index (Phi) is 4.15. The minimum atomic E-state index is -4.33. The van der Waals surface area contributed by atoms with Gasteiger partial charge in [0.05, 0.1) is 17.0 Å². The van der Waals surface area contributed by atoms with Crippen molar-refractivity contribution < 1.29 is 17.7 Å². The summed E-state index contributed by atoms with van der Waals surface area (Å²) in [6, 6.07) is 9.67. The zero-order valence-electron chi connectivity index (χ0n) is 13.6. The second kappa shape index (κ2) is 6.33. The molecule has 0 atom stereocenters. The smallest absolute Gasteiger partial charge is 0.226 e. The minimum absolute atomic E-state index is 0.572. The van der Waals surface area contributed by atoms with Crippen LogP contribution in [0.15, 0.2) is 48.0 Å². The summed E-state index contributed by atoms with van der Waals surface area (Å²) in [7, 11) is 0. The van der Waals surface area contributed by atoms with Gasteiger partial charge in [0.2, 0.25) is 0 Å². The fraction of sp³-hybridized carbons (Fsp3) is 0.316. The third-order valence-electron chi connectivity index (χ3n) is 4.64. The SMILES string of the molecule is FC(F)(F)c1cccc(-n2cc(-c3cccs3)[n+]3c2CCCCC3)c1. The molecule has 2 nitrogen and oxygen atoms in total. The van der Waals surface area contributed by atoms with Crippen LogP contribution in [0.4, 0.5) is 13.2 Å². The summed E-state index contributed by atoms with van der Waals surface area (Å²) < 4.78 is 43.5. The van der Waals surface area contributed by atoms with Gasteiger partial charge in [-0.15, -0.1) is 11.3 Å². The van der Waals surface area contributed by atoms with E-state index in [2.05, 4.69) is 10.6 Å². The summed E-state index contributed by atoms with van der Waals surface area (Å²) >= 11 is 1.66.